The molecule has 0 aliphatic carbocycles. The Hall–Kier alpha value is -1.76. The first-order valence-corrected chi connectivity index (χ1v) is 10.5. The van der Waals surface area contributed by atoms with Gasteiger partial charge >= 0.3 is 0 Å². The number of likely N-dealkylation sites (N-methyl/N-ethyl adjacent to an activating group) is 1. The minimum atomic E-state index is -3.14. The molecule has 0 radical (unpaired) electrons. The topological polar surface area (TPSA) is 73.8 Å². The zero-order valence-electron chi connectivity index (χ0n) is 16.3. The lowest BCUT2D eigenvalue weighted by Crippen LogP contribution is -2.48. The van der Waals surface area contributed by atoms with Crippen LogP contribution in [0.3, 0.4) is 0 Å². The molecular weight excluding hydrogens is 336 g/mol. The standard InChI is InChI=1S/C18H32N4O2S/c1-7-22(16-10-8-9-15(2)13-16)12-11-20-17(19-5)21-14-18(3,4)25(6,23)24/h8-10,13H,7,11-12,14H2,1-6H3,(H2,19,20,21). The molecule has 7 heteroatoms. The maximum atomic E-state index is 11.8. The van der Waals surface area contributed by atoms with Gasteiger partial charge in [0.15, 0.2) is 15.8 Å². The predicted octanol–water partition coefficient (Wildman–Crippen LogP) is 1.81. The number of anilines is 1. The van der Waals surface area contributed by atoms with Gasteiger partial charge in [-0.3, -0.25) is 4.99 Å². The van der Waals surface area contributed by atoms with Crippen LogP contribution in [0.15, 0.2) is 29.3 Å². The summed E-state index contributed by atoms with van der Waals surface area (Å²) in [7, 11) is -1.46. The summed E-state index contributed by atoms with van der Waals surface area (Å²) >= 11 is 0. The van der Waals surface area contributed by atoms with E-state index in [1.165, 1.54) is 17.5 Å². The largest absolute Gasteiger partial charge is 0.370 e. The Balaban J connectivity index is 2.55. The molecule has 6 nitrogen and oxygen atoms in total. The molecule has 0 atom stereocenters. The van der Waals surface area contributed by atoms with Gasteiger partial charge in [-0.1, -0.05) is 12.1 Å². The monoisotopic (exact) mass is 368 g/mol. The fourth-order valence-corrected chi connectivity index (χ4v) is 2.59. The molecule has 0 saturated heterocycles. The van der Waals surface area contributed by atoms with Crippen molar-refractivity contribution in [3.8, 4) is 0 Å². The summed E-state index contributed by atoms with van der Waals surface area (Å²) in [6, 6.07) is 8.43. The average Bonchev–Trinajstić information content (AvgIpc) is 2.53. The molecule has 0 aliphatic heterocycles. The van der Waals surface area contributed by atoms with Crippen LogP contribution in [0.2, 0.25) is 0 Å². The number of rotatable bonds is 8. The van der Waals surface area contributed by atoms with Crippen LogP contribution in [0.25, 0.3) is 0 Å². The summed E-state index contributed by atoms with van der Waals surface area (Å²) in [5, 5.41) is 6.34. The van der Waals surface area contributed by atoms with Crippen LogP contribution < -0.4 is 15.5 Å². The zero-order chi connectivity index (χ0) is 19.1. The molecule has 0 saturated carbocycles. The van der Waals surface area contributed by atoms with Crippen LogP contribution in [-0.4, -0.2) is 58.6 Å². The van der Waals surface area contributed by atoms with E-state index in [1.54, 1.807) is 20.9 Å². The van der Waals surface area contributed by atoms with Gasteiger partial charge in [-0.15, -0.1) is 0 Å². The van der Waals surface area contributed by atoms with E-state index >= 15 is 0 Å². The molecule has 0 unspecified atom stereocenters. The number of guanidine groups is 1. The van der Waals surface area contributed by atoms with Crippen molar-refractivity contribution in [2.24, 2.45) is 4.99 Å². The van der Waals surface area contributed by atoms with Gasteiger partial charge in [0.25, 0.3) is 0 Å². The van der Waals surface area contributed by atoms with Gasteiger partial charge in [0, 0.05) is 45.2 Å². The van der Waals surface area contributed by atoms with Crippen molar-refractivity contribution >= 4 is 21.5 Å². The van der Waals surface area contributed by atoms with Gasteiger partial charge in [0.1, 0.15) is 0 Å². The molecular formula is C18H32N4O2S. The minimum absolute atomic E-state index is 0.306. The van der Waals surface area contributed by atoms with Crippen molar-refractivity contribution in [3.05, 3.63) is 29.8 Å². The summed E-state index contributed by atoms with van der Waals surface area (Å²) in [5.41, 5.74) is 2.44. The quantitative estimate of drug-likeness (QED) is 0.541. The Bertz CT molecular complexity index is 684. The van der Waals surface area contributed by atoms with Gasteiger partial charge in [-0.05, 0) is 45.4 Å². The van der Waals surface area contributed by atoms with Crippen molar-refractivity contribution in [2.45, 2.75) is 32.4 Å². The number of nitrogens with zero attached hydrogens (tertiary/aromatic N) is 2. The third-order valence-corrected chi connectivity index (χ3v) is 6.48. The third-order valence-electron chi connectivity index (χ3n) is 4.33. The molecule has 1 aromatic carbocycles. The van der Waals surface area contributed by atoms with Crippen molar-refractivity contribution in [3.63, 3.8) is 0 Å². The van der Waals surface area contributed by atoms with Gasteiger partial charge in [-0.2, -0.15) is 0 Å². The average molecular weight is 369 g/mol. The molecule has 1 rings (SSSR count). The Morgan fingerprint density at radius 3 is 2.48 bits per heavy atom. The molecule has 25 heavy (non-hydrogen) atoms. The number of benzene rings is 1. The molecule has 0 heterocycles. The molecule has 1 aromatic rings. The first-order chi connectivity index (χ1) is 11.6. The first-order valence-electron chi connectivity index (χ1n) is 8.56. The molecule has 0 amide bonds. The Labute approximate surface area is 152 Å². The van der Waals surface area contributed by atoms with Crippen molar-refractivity contribution in [2.75, 3.05) is 44.4 Å². The Morgan fingerprint density at radius 1 is 1.28 bits per heavy atom. The number of hydrogen-bond acceptors (Lipinski definition) is 4. The summed E-state index contributed by atoms with van der Waals surface area (Å²) < 4.78 is 22.7. The van der Waals surface area contributed by atoms with Crippen LogP contribution in [0.4, 0.5) is 5.69 Å². The first kappa shape index (κ1) is 21.3. The van der Waals surface area contributed by atoms with E-state index in [1.807, 2.05) is 0 Å². The second-order valence-corrected chi connectivity index (χ2v) is 9.45. The van der Waals surface area contributed by atoms with Crippen LogP contribution in [0.1, 0.15) is 26.3 Å². The highest BCUT2D eigenvalue weighted by molar-refractivity contribution is 7.92. The summed E-state index contributed by atoms with van der Waals surface area (Å²) in [5.74, 6) is 0.608. The van der Waals surface area contributed by atoms with E-state index in [-0.39, 0.29) is 0 Å². The van der Waals surface area contributed by atoms with Crippen LogP contribution >= 0.6 is 0 Å². The number of nitrogens with one attached hydrogen (secondary N) is 2. The highest BCUT2D eigenvalue weighted by Crippen LogP contribution is 2.15. The fourth-order valence-electron chi connectivity index (χ4n) is 2.25. The van der Waals surface area contributed by atoms with E-state index in [4.69, 9.17) is 0 Å². The smallest absolute Gasteiger partial charge is 0.191 e. The van der Waals surface area contributed by atoms with E-state index in [2.05, 4.69) is 58.6 Å². The van der Waals surface area contributed by atoms with Crippen LogP contribution in [0, 0.1) is 6.92 Å². The van der Waals surface area contributed by atoms with E-state index < -0.39 is 14.6 Å². The number of aryl methyl sites for hydroxylation is 1. The SMILES string of the molecule is CCN(CCNC(=NC)NCC(C)(C)S(C)(=O)=O)c1cccc(C)c1. The van der Waals surface area contributed by atoms with Gasteiger partial charge in [-0.25, -0.2) is 8.42 Å². The van der Waals surface area contributed by atoms with E-state index in [0.717, 1.165) is 13.1 Å². The maximum Gasteiger partial charge on any atom is 0.191 e. The van der Waals surface area contributed by atoms with E-state index in [9.17, 15) is 8.42 Å². The Morgan fingerprint density at radius 2 is 1.96 bits per heavy atom. The van der Waals surface area contributed by atoms with Gasteiger partial charge < -0.3 is 15.5 Å². The second kappa shape index (κ2) is 9.08. The van der Waals surface area contributed by atoms with E-state index in [0.29, 0.717) is 19.0 Å². The number of aliphatic imine (C=N–C) groups is 1. The van der Waals surface area contributed by atoms with Crippen molar-refractivity contribution in [1.82, 2.24) is 10.6 Å². The normalized spacial score (nSPS) is 12.8. The van der Waals surface area contributed by atoms with Crippen molar-refractivity contribution in [1.29, 1.82) is 0 Å². The second-order valence-electron chi connectivity index (χ2n) is 6.80. The lowest BCUT2D eigenvalue weighted by Gasteiger charge is -2.26. The molecule has 0 bridgehead atoms. The predicted molar refractivity (Wildman–Crippen MR) is 107 cm³/mol. The molecule has 0 fully saturated rings. The van der Waals surface area contributed by atoms with Gasteiger partial charge in [0.05, 0.1) is 4.75 Å². The highest BCUT2D eigenvalue weighted by Gasteiger charge is 2.30. The molecule has 2 N–H and O–H groups in total. The maximum absolute atomic E-state index is 11.8. The molecule has 0 spiro atoms. The lowest BCUT2D eigenvalue weighted by atomic mass is 10.2. The molecule has 0 aromatic heterocycles. The molecule has 142 valence electrons. The molecule has 0 aliphatic rings. The fraction of sp³-hybridized carbons (Fsp3) is 0.611. The van der Waals surface area contributed by atoms with Crippen LogP contribution in [0.5, 0.6) is 0 Å². The summed E-state index contributed by atoms with van der Waals surface area (Å²) in [4.78, 5) is 6.45. The zero-order valence-corrected chi connectivity index (χ0v) is 17.1. The highest BCUT2D eigenvalue weighted by atomic mass is 32.2. The van der Waals surface area contributed by atoms with Gasteiger partial charge in [0.2, 0.25) is 0 Å². The minimum Gasteiger partial charge on any atom is -0.370 e. The van der Waals surface area contributed by atoms with Crippen molar-refractivity contribution < 1.29 is 8.42 Å². The third kappa shape index (κ3) is 6.57. The summed E-state index contributed by atoms with van der Waals surface area (Å²) in [6.45, 7) is 10.4. The number of sulfone groups is 1. The Kier molecular flexibility index (Phi) is 7.73. The summed E-state index contributed by atoms with van der Waals surface area (Å²) in [6.07, 6.45) is 1.26. The number of hydrogen-bond donors (Lipinski definition) is 2. The van der Waals surface area contributed by atoms with Crippen LogP contribution in [-0.2, 0) is 9.84 Å². The lowest BCUT2D eigenvalue weighted by molar-refractivity contribution is 0.544.